The standard InChI is InChI=1S/C19H18O4/c1-3-14-10-16(11-18-19(14)17(20)8-9-22-18)23-12-13-4-6-15(21-2)7-5-13/h3-7,10-11H,1,8-9,12H2,2H3. The molecule has 118 valence electrons. The van der Waals surface area contributed by atoms with Gasteiger partial charge in [-0.1, -0.05) is 24.8 Å². The van der Waals surface area contributed by atoms with E-state index >= 15 is 0 Å². The van der Waals surface area contributed by atoms with E-state index in [2.05, 4.69) is 6.58 Å². The third kappa shape index (κ3) is 3.21. The van der Waals surface area contributed by atoms with E-state index in [1.165, 1.54) is 0 Å². The van der Waals surface area contributed by atoms with Crippen molar-refractivity contribution < 1.29 is 19.0 Å². The molecule has 0 saturated carbocycles. The Bertz CT molecular complexity index is 732. The molecule has 1 heterocycles. The molecule has 0 aromatic heterocycles. The molecule has 0 saturated heterocycles. The number of rotatable bonds is 5. The molecule has 0 aliphatic carbocycles. The molecule has 3 rings (SSSR count). The Morgan fingerprint density at radius 2 is 2.00 bits per heavy atom. The lowest BCUT2D eigenvalue weighted by molar-refractivity contribution is 0.0933. The predicted octanol–water partition coefficient (Wildman–Crippen LogP) is 3.88. The molecule has 0 N–H and O–H groups in total. The van der Waals surface area contributed by atoms with Crippen LogP contribution in [0.2, 0.25) is 0 Å². The average molecular weight is 310 g/mol. The summed E-state index contributed by atoms with van der Waals surface area (Å²) in [5.41, 5.74) is 2.38. The highest BCUT2D eigenvalue weighted by molar-refractivity contribution is 6.03. The van der Waals surface area contributed by atoms with Crippen molar-refractivity contribution in [1.29, 1.82) is 0 Å². The molecule has 4 heteroatoms. The third-order valence-corrected chi connectivity index (χ3v) is 3.76. The van der Waals surface area contributed by atoms with Crippen LogP contribution in [0.4, 0.5) is 0 Å². The van der Waals surface area contributed by atoms with Gasteiger partial charge < -0.3 is 14.2 Å². The first-order valence-electron chi connectivity index (χ1n) is 7.43. The van der Waals surface area contributed by atoms with Crippen LogP contribution < -0.4 is 14.2 Å². The van der Waals surface area contributed by atoms with Gasteiger partial charge in [0.25, 0.3) is 0 Å². The quantitative estimate of drug-likeness (QED) is 0.840. The highest BCUT2D eigenvalue weighted by atomic mass is 16.5. The summed E-state index contributed by atoms with van der Waals surface area (Å²) in [6.07, 6.45) is 2.06. The van der Waals surface area contributed by atoms with Gasteiger partial charge in [0, 0.05) is 12.5 Å². The maximum atomic E-state index is 12.0. The molecule has 0 radical (unpaired) electrons. The van der Waals surface area contributed by atoms with Crippen molar-refractivity contribution in [3.8, 4) is 17.2 Å². The normalized spacial score (nSPS) is 13.0. The van der Waals surface area contributed by atoms with Gasteiger partial charge >= 0.3 is 0 Å². The van der Waals surface area contributed by atoms with E-state index in [-0.39, 0.29) is 5.78 Å². The number of Topliss-reactive ketones (excluding diaryl/α,β-unsaturated/α-hetero) is 1. The van der Waals surface area contributed by atoms with E-state index in [9.17, 15) is 4.79 Å². The summed E-state index contributed by atoms with van der Waals surface area (Å²) in [5.74, 6) is 2.12. The summed E-state index contributed by atoms with van der Waals surface area (Å²) >= 11 is 0. The maximum Gasteiger partial charge on any atom is 0.170 e. The summed E-state index contributed by atoms with van der Waals surface area (Å²) in [6.45, 7) is 4.61. The zero-order valence-electron chi connectivity index (χ0n) is 13.0. The lowest BCUT2D eigenvalue weighted by atomic mass is 9.98. The second-order valence-electron chi connectivity index (χ2n) is 5.25. The minimum atomic E-state index is 0.0860. The van der Waals surface area contributed by atoms with Crippen LogP contribution in [0.3, 0.4) is 0 Å². The van der Waals surface area contributed by atoms with Crippen molar-refractivity contribution in [2.45, 2.75) is 13.0 Å². The van der Waals surface area contributed by atoms with Crippen LogP contribution in [0.15, 0.2) is 43.0 Å². The Kier molecular flexibility index (Phi) is 4.33. The molecule has 0 spiro atoms. The molecule has 1 aliphatic heterocycles. The molecule has 23 heavy (non-hydrogen) atoms. The van der Waals surface area contributed by atoms with Gasteiger partial charge in [-0.2, -0.15) is 0 Å². The number of hydrogen-bond donors (Lipinski definition) is 0. The molecule has 2 aromatic rings. The molecule has 2 aromatic carbocycles. The number of methoxy groups -OCH3 is 1. The summed E-state index contributed by atoms with van der Waals surface area (Å²) in [6, 6.07) is 11.3. The van der Waals surface area contributed by atoms with Crippen LogP contribution in [0.5, 0.6) is 17.2 Å². The van der Waals surface area contributed by atoms with E-state index in [1.54, 1.807) is 19.3 Å². The fourth-order valence-corrected chi connectivity index (χ4v) is 2.53. The van der Waals surface area contributed by atoms with Crippen LogP contribution in [-0.4, -0.2) is 19.5 Å². The van der Waals surface area contributed by atoms with Crippen molar-refractivity contribution in [3.63, 3.8) is 0 Å². The fourth-order valence-electron chi connectivity index (χ4n) is 2.53. The fraction of sp³-hybridized carbons (Fsp3) is 0.211. The number of carbonyl (C=O) groups excluding carboxylic acids is 1. The van der Waals surface area contributed by atoms with E-state index in [4.69, 9.17) is 14.2 Å². The lowest BCUT2D eigenvalue weighted by Gasteiger charge is -2.19. The van der Waals surface area contributed by atoms with Gasteiger partial charge in [0.15, 0.2) is 5.78 Å². The van der Waals surface area contributed by atoms with Gasteiger partial charge in [-0.15, -0.1) is 0 Å². The number of ketones is 1. The van der Waals surface area contributed by atoms with E-state index in [1.807, 2.05) is 30.3 Å². The molecule has 0 atom stereocenters. The van der Waals surface area contributed by atoms with E-state index in [0.29, 0.717) is 36.7 Å². The zero-order valence-corrected chi connectivity index (χ0v) is 13.0. The Morgan fingerprint density at radius 3 is 2.70 bits per heavy atom. The Labute approximate surface area is 135 Å². The topological polar surface area (TPSA) is 44.8 Å². The highest BCUT2D eigenvalue weighted by Crippen LogP contribution is 2.33. The summed E-state index contributed by atoms with van der Waals surface area (Å²) in [7, 11) is 1.64. The second-order valence-corrected chi connectivity index (χ2v) is 5.25. The minimum Gasteiger partial charge on any atom is -0.497 e. The van der Waals surface area contributed by atoms with Gasteiger partial charge in [-0.25, -0.2) is 0 Å². The first-order chi connectivity index (χ1) is 11.2. The van der Waals surface area contributed by atoms with E-state index in [0.717, 1.165) is 16.9 Å². The molecule has 0 amide bonds. The Balaban J connectivity index is 1.80. The molecule has 0 unspecified atom stereocenters. The largest absolute Gasteiger partial charge is 0.497 e. The first-order valence-corrected chi connectivity index (χ1v) is 7.43. The van der Waals surface area contributed by atoms with Gasteiger partial charge in [-0.3, -0.25) is 4.79 Å². The summed E-state index contributed by atoms with van der Waals surface area (Å²) in [4.78, 5) is 12.0. The van der Waals surface area contributed by atoms with Gasteiger partial charge in [0.2, 0.25) is 0 Å². The van der Waals surface area contributed by atoms with Crippen molar-refractivity contribution in [2.75, 3.05) is 13.7 Å². The molecule has 4 nitrogen and oxygen atoms in total. The van der Waals surface area contributed by atoms with Crippen molar-refractivity contribution in [1.82, 2.24) is 0 Å². The predicted molar refractivity (Wildman–Crippen MR) is 88.3 cm³/mol. The van der Waals surface area contributed by atoms with Crippen LogP contribution in [-0.2, 0) is 6.61 Å². The molecule has 0 bridgehead atoms. The maximum absolute atomic E-state index is 12.0. The zero-order chi connectivity index (χ0) is 16.2. The van der Waals surface area contributed by atoms with Gasteiger partial charge in [0.05, 0.1) is 19.3 Å². The molecular weight excluding hydrogens is 292 g/mol. The SMILES string of the molecule is C=Cc1cc(OCc2ccc(OC)cc2)cc2c1C(=O)CCO2. The first kappa shape index (κ1) is 15.2. The smallest absolute Gasteiger partial charge is 0.170 e. The van der Waals surface area contributed by atoms with Crippen molar-refractivity contribution in [2.24, 2.45) is 0 Å². The Hall–Kier alpha value is -2.75. The van der Waals surface area contributed by atoms with Crippen LogP contribution in [0, 0.1) is 0 Å². The van der Waals surface area contributed by atoms with Gasteiger partial charge in [0.1, 0.15) is 23.9 Å². The summed E-state index contributed by atoms with van der Waals surface area (Å²) in [5, 5.41) is 0. The average Bonchev–Trinajstić information content (AvgIpc) is 2.59. The van der Waals surface area contributed by atoms with E-state index < -0.39 is 0 Å². The monoisotopic (exact) mass is 310 g/mol. The number of ether oxygens (including phenoxy) is 3. The van der Waals surface area contributed by atoms with Crippen molar-refractivity contribution in [3.05, 3.63) is 59.7 Å². The van der Waals surface area contributed by atoms with Crippen LogP contribution in [0.1, 0.15) is 27.9 Å². The minimum absolute atomic E-state index is 0.0860. The summed E-state index contributed by atoms with van der Waals surface area (Å²) < 4.78 is 16.6. The Morgan fingerprint density at radius 1 is 1.22 bits per heavy atom. The lowest BCUT2D eigenvalue weighted by Crippen LogP contribution is -2.16. The number of fused-ring (bicyclic) bond motifs is 1. The van der Waals surface area contributed by atoms with Crippen molar-refractivity contribution >= 4 is 11.9 Å². The molecular formula is C19H18O4. The molecule has 1 aliphatic rings. The second kappa shape index (κ2) is 6.57. The number of benzene rings is 2. The number of hydrogen-bond acceptors (Lipinski definition) is 4. The van der Waals surface area contributed by atoms with Crippen LogP contribution in [0.25, 0.3) is 6.08 Å². The molecule has 0 fully saturated rings. The number of carbonyl (C=O) groups is 1. The van der Waals surface area contributed by atoms with Gasteiger partial charge in [-0.05, 0) is 29.3 Å². The van der Waals surface area contributed by atoms with Crippen LogP contribution >= 0.6 is 0 Å². The highest BCUT2D eigenvalue weighted by Gasteiger charge is 2.22. The third-order valence-electron chi connectivity index (χ3n) is 3.76.